The molecule has 6 heteroatoms. The van der Waals surface area contributed by atoms with Gasteiger partial charge in [0.25, 0.3) is 0 Å². The Morgan fingerprint density at radius 1 is 1.47 bits per heavy atom. The van der Waals surface area contributed by atoms with Crippen LogP contribution < -0.4 is 5.32 Å². The van der Waals surface area contributed by atoms with Crippen molar-refractivity contribution in [3.63, 3.8) is 0 Å². The molecule has 0 aliphatic rings. The van der Waals surface area contributed by atoms with E-state index in [0.717, 1.165) is 30.3 Å². The third-order valence-electron chi connectivity index (χ3n) is 2.14. The lowest BCUT2D eigenvalue weighted by Crippen LogP contribution is -2.16. The highest BCUT2D eigenvalue weighted by molar-refractivity contribution is 7.98. The fourth-order valence-electron chi connectivity index (χ4n) is 1.31. The molecule has 0 atom stereocenters. The molecule has 0 saturated heterocycles. The summed E-state index contributed by atoms with van der Waals surface area (Å²) in [6.07, 6.45) is 3.56. The van der Waals surface area contributed by atoms with E-state index in [2.05, 4.69) is 32.1 Å². The van der Waals surface area contributed by atoms with Gasteiger partial charge in [-0.25, -0.2) is 4.98 Å². The molecule has 0 aliphatic heterocycles. The van der Waals surface area contributed by atoms with Crippen molar-refractivity contribution in [1.29, 1.82) is 0 Å². The molecule has 0 amide bonds. The molecule has 0 fully saturated rings. The molecule has 3 nitrogen and oxygen atoms in total. The third-order valence-corrected chi connectivity index (χ3v) is 3.90. The zero-order valence-electron chi connectivity index (χ0n) is 9.39. The van der Waals surface area contributed by atoms with Crippen molar-refractivity contribution in [2.75, 3.05) is 12.3 Å². The molecule has 2 aromatic rings. The minimum Gasteiger partial charge on any atom is -0.347 e. The molecule has 2 heterocycles. The molecule has 2 rings (SSSR count). The topological polar surface area (TPSA) is 40.7 Å². The van der Waals surface area contributed by atoms with E-state index in [1.165, 1.54) is 5.56 Å². The van der Waals surface area contributed by atoms with Gasteiger partial charge in [0.2, 0.25) is 0 Å². The zero-order chi connectivity index (χ0) is 11.1. The number of thioether (sulfide) groups is 1. The first-order valence-electron chi connectivity index (χ1n) is 5.22. The van der Waals surface area contributed by atoms with E-state index >= 15 is 0 Å². The number of halogens is 1. The summed E-state index contributed by atoms with van der Waals surface area (Å²) in [5.74, 6) is 2.26. The molecular weight excluding hydrogens is 274 g/mol. The van der Waals surface area contributed by atoms with Gasteiger partial charge in [0.15, 0.2) is 0 Å². The van der Waals surface area contributed by atoms with Gasteiger partial charge in [-0.2, -0.15) is 23.1 Å². The van der Waals surface area contributed by atoms with Crippen molar-refractivity contribution < 1.29 is 0 Å². The second-order valence-electron chi connectivity index (χ2n) is 3.44. The summed E-state index contributed by atoms with van der Waals surface area (Å²) in [4.78, 5) is 7.04. The maximum Gasteiger partial charge on any atom is 0.0922 e. The molecule has 17 heavy (non-hydrogen) atoms. The van der Waals surface area contributed by atoms with Gasteiger partial charge < -0.3 is 10.3 Å². The van der Waals surface area contributed by atoms with Gasteiger partial charge in [-0.1, -0.05) is 0 Å². The molecule has 2 N–H and O–H groups in total. The van der Waals surface area contributed by atoms with Crippen LogP contribution in [0.2, 0.25) is 0 Å². The highest BCUT2D eigenvalue weighted by atomic mass is 35.5. The Balaban J connectivity index is 0.00000144. The minimum atomic E-state index is 0. The molecule has 0 aliphatic carbocycles. The van der Waals surface area contributed by atoms with E-state index in [-0.39, 0.29) is 12.4 Å². The van der Waals surface area contributed by atoms with Crippen LogP contribution in [-0.2, 0) is 12.3 Å². The molecular formula is C11H16ClN3S2. The summed E-state index contributed by atoms with van der Waals surface area (Å²) in [6.45, 7) is 1.91. The van der Waals surface area contributed by atoms with Crippen LogP contribution in [0.1, 0.15) is 11.3 Å². The second-order valence-corrected chi connectivity index (χ2v) is 5.32. The van der Waals surface area contributed by atoms with Crippen LogP contribution in [0.4, 0.5) is 0 Å². The molecule has 94 valence electrons. The summed E-state index contributed by atoms with van der Waals surface area (Å²) in [5.41, 5.74) is 2.58. The van der Waals surface area contributed by atoms with Crippen molar-refractivity contribution in [2.45, 2.75) is 12.3 Å². The number of hydrogen-bond donors (Lipinski definition) is 2. The fraction of sp³-hybridized carbons (Fsp3) is 0.364. The van der Waals surface area contributed by atoms with Gasteiger partial charge in [-0.05, 0) is 22.4 Å². The van der Waals surface area contributed by atoms with Gasteiger partial charge in [0.05, 0.1) is 6.33 Å². The normalized spacial score (nSPS) is 10.1. The maximum atomic E-state index is 3.97. The Kier molecular flexibility index (Phi) is 7.35. The molecule has 0 bridgehead atoms. The van der Waals surface area contributed by atoms with Crippen LogP contribution in [-0.4, -0.2) is 22.3 Å². The number of imidazole rings is 1. The average Bonchev–Trinajstić information content (AvgIpc) is 2.96. The minimum absolute atomic E-state index is 0. The van der Waals surface area contributed by atoms with Crippen molar-refractivity contribution in [3.8, 4) is 0 Å². The van der Waals surface area contributed by atoms with Crippen LogP contribution in [0.5, 0.6) is 0 Å². The maximum absolute atomic E-state index is 3.97. The molecule has 0 radical (unpaired) electrons. The monoisotopic (exact) mass is 289 g/mol. The molecule has 0 spiro atoms. The standard InChI is InChI=1S/C11H15N3S2.ClH/c1-3-15-7-10(1)8-16-4-2-12-5-11-6-13-9-14-11;/h1,3,6-7,9,12H,2,4-5,8H2,(H,13,14);1H. The summed E-state index contributed by atoms with van der Waals surface area (Å²) in [5, 5.41) is 7.72. The van der Waals surface area contributed by atoms with E-state index in [1.54, 1.807) is 17.7 Å². The van der Waals surface area contributed by atoms with Gasteiger partial charge >= 0.3 is 0 Å². The first-order valence-corrected chi connectivity index (χ1v) is 7.31. The van der Waals surface area contributed by atoms with E-state index in [1.807, 2.05) is 18.0 Å². The number of aromatic amines is 1. The van der Waals surface area contributed by atoms with Crippen molar-refractivity contribution in [2.24, 2.45) is 0 Å². The Bertz CT molecular complexity index is 337. The van der Waals surface area contributed by atoms with E-state index in [9.17, 15) is 0 Å². The predicted molar refractivity (Wildman–Crippen MR) is 78.0 cm³/mol. The molecule has 0 aromatic carbocycles. The van der Waals surface area contributed by atoms with Crippen LogP contribution in [0.15, 0.2) is 29.4 Å². The predicted octanol–water partition coefficient (Wildman–Crippen LogP) is 2.92. The van der Waals surface area contributed by atoms with Gasteiger partial charge in [-0.3, -0.25) is 0 Å². The summed E-state index contributed by atoms with van der Waals surface area (Å²) in [6, 6.07) is 2.19. The fourth-order valence-corrected chi connectivity index (χ4v) is 2.94. The van der Waals surface area contributed by atoms with Crippen LogP contribution >= 0.6 is 35.5 Å². The Hall–Kier alpha value is -0.490. The molecule has 2 aromatic heterocycles. The second kappa shape index (κ2) is 8.58. The summed E-state index contributed by atoms with van der Waals surface area (Å²) >= 11 is 3.73. The van der Waals surface area contributed by atoms with Crippen molar-refractivity contribution in [3.05, 3.63) is 40.6 Å². The lowest BCUT2D eigenvalue weighted by atomic mass is 10.4. The number of rotatable bonds is 7. The Morgan fingerprint density at radius 2 is 2.41 bits per heavy atom. The Labute approximate surface area is 116 Å². The van der Waals surface area contributed by atoms with E-state index in [4.69, 9.17) is 0 Å². The largest absolute Gasteiger partial charge is 0.347 e. The van der Waals surface area contributed by atoms with Crippen LogP contribution in [0.25, 0.3) is 0 Å². The summed E-state index contributed by atoms with van der Waals surface area (Å²) < 4.78 is 0. The van der Waals surface area contributed by atoms with Crippen LogP contribution in [0.3, 0.4) is 0 Å². The number of hydrogen-bond acceptors (Lipinski definition) is 4. The number of thiophene rings is 1. The number of aromatic nitrogens is 2. The third kappa shape index (κ3) is 5.59. The first-order chi connectivity index (χ1) is 7.95. The lowest BCUT2D eigenvalue weighted by Gasteiger charge is -2.02. The SMILES string of the molecule is Cl.c1ncc(CNCCSCc2ccsc2)[nH]1. The smallest absolute Gasteiger partial charge is 0.0922 e. The number of H-pyrrole nitrogens is 1. The van der Waals surface area contributed by atoms with Gasteiger partial charge in [0, 0.05) is 36.5 Å². The van der Waals surface area contributed by atoms with Crippen LogP contribution in [0, 0.1) is 0 Å². The summed E-state index contributed by atoms with van der Waals surface area (Å²) in [7, 11) is 0. The zero-order valence-corrected chi connectivity index (χ0v) is 11.8. The molecule has 0 saturated carbocycles. The Morgan fingerprint density at radius 3 is 3.12 bits per heavy atom. The number of nitrogens with zero attached hydrogens (tertiary/aromatic N) is 1. The van der Waals surface area contributed by atoms with Gasteiger partial charge in [-0.15, -0.1) is 12.4 Å². The quantitative estimate of drug-likeness (QED) is 0.770. The van der Waals surface area contributed by atoms with E-state index < -0.39 is 0 Å². The lowest BCUT2D eigenvalue weighted by molar-refractivity contribution is 0.719. The highest BCUT2D eigenvalue weighted by Crippen LogP contribution is 2.14. The first kappa shape index (κ1) is 14.6. The van der Waals surface area contributed by atoms with Gasteiger partial charge in [0.1, 0.15) is 0 Å². The number of nitrogens with one attached hydrogen (secondary N) is 2. The van der Waals surface area contributed by atoms with Crippen molar-refractivity contribution in [1.82, 2.24) is 15.3 Å². The van der Waals surface area contributed by atoms with E-state index in [0.29, 0.717) is 0 Å². The molecule has 0 unspecified atom stereocenters. The average molecular weight is 290 g/mol. The van der Waals surface area contributed by atoms with Crippen molar-refractivity contribution >= 4 is 35.5 Å². The highest BCUT2D eigenvalue weighted by Gasteiger charge is 1.95.